The maximum absolute atomic E-state index is 13.4. The van der Waals surface area contributed by atoms with Crippen LogP contribution in [-0.2, 0) is 9.53 Å². The number of aromatic amines is 1. The van der Waals surface area contributed by atoms with Gasteiger partial charge in [-0.05, 0) is 40.6 Å². The van der Waals surface area contributed by atoms with Gasteiger partial charge in [-0.25, -0.2) is 4.79 Å². The number of ketones is 1. The Balaban J connectivity index is 1.45. The Hall–Kier alpha value is -4.85. The number of Topliss-reactive ketones (excluding diaryl/α,β-unsaturated/α-hetero) is 1. The van der Waals surface area contributed by atoms with Crippen molar-refractivity contribution in [1.82, 2.24) is 25.2 Å². The molecule has 35 heavy (non-hydrogen) atoms. The molecule has 0 saturated heterocycles. The minimum Gasteiger partial charge on any atom is -0.453 e. The van der Waals surface area contributed by atoms with Crippen LogP contribution in [0.2, 0.25) is 0 Å². The molecule has 5 rings (SSSR count). The highest BCUT2D eigenvalue weighted by Gasteiger charge is 2.23. The third kappa shape index (κ3) is 4.49. The topological polar surface area (TPSA) is 103 Å². The Bertz CT molecular complexity index is 1540. The lowest BCUT2D eigenvalue weighted by Crippen LogP contribution is -2.19. The second-order valence-corrected chi connectivity index (χ2v) is 7.86. The number of carbonyl (C=O) groups is 2. The number of hydrogen-bond acceptors (Lipinski definition) is 6. The molecule has 8 heteroatoms. The zero-order valence-corrected chi connectivity index (χ0v) is 18.9. The molecular formula is C27H21N5O3. The molecule has 3 aromatic carbocycles. The minimum absolute atomic E-state index is 0.105. The number of para-hydroxylation sites is 1. The summed E-state index contributed by atoms with van der Waals surface area (Å²) in [5, 5.41) is 12.2. The normalized spacial score (nSPS) is 11.5. The van der Waals surface area contributed by atoms with Gasteiger partial charge in [-0.15, -0.1) is 5.10 Å². The Kier molecular flexibility index (Phi) is 6.00. The van der Waals surface area contributed by atoms with E-state index in [1.54, 1.807) is 13.0 Å². The summed E-state index contributed by atoms with van der Waals surface area (Å²) >= 11 is 0. The second kappa shape index (κ2) is 9.56. The lowest BCUT2D eigenvalue weighted by Gasteiger charge is -2.10. The van der Waals surface area contributed by atoms with Crippen LogP contribution in [-0.4, -0.2) is 43.6 Å². The van der Waals surface area contributed by atoms with Crippen molar-refractivity contribution < 1.29 is 14.3 Å². The molecular weight excluding hydrogens is 442 g/mol. The number of aryl methyl sites for hydroxylation is 1. The Morgan fingerprint density at radius 2 is 1.63 bits per heavy atom. The molecule has 0 amide bonds. The number of aromatic nitrogens is 5. The fraction of sp³-hybridized carbons (Fsp3) is 0.0741. The third-order valence-corrected chi connectivity index (χ3v) is 5.55. The number of rotatable bonds is 7. The van der Waals surface area contributed by atoms with Crippen LogP contribution >= 0.6 is 0 Å². The van der Waals surface area contributed by atoms with Gasteiger partial charge in [-0.2, -0.15) is 4.68 Å². The molecule has 0 aliphatic heterocycles. The molecule has 0 spiro atoms. The molecule has 2 heterocycles. The maximum Gasteiger partial charge on any atom is 0.357 e. The number of carbonyl (C=O) groups excluding carboxylic acids is 2. The summed E-state index contributed by atoms with van der Waals surface area (Å²) in [7, 11) is 0. The smallest absolute Gasteiger partial charge is 0.357 e. The monoisotopic (exact) mass is 463 g/mol. The first-order valence-electron chi connectivity index (χ1n) is 11.0. The number of H-pyrrole nitrogens is 1. The number of hydrogen-bond donors (Lipinski definition) is 1. The molecule has 0 aliphatic carbocycles. The molecule has 1 N–H and O–H groups in total. The first kappa shape index (κ1) is 22.0. The summed E-state index contributed by atoms with van der Waals surface area (Å²) in [5.74, 6) is -0.612. The van der Waals surface area contributed by atoms with Gasteiger partial charge >= 0.3 is 5.97 Å². The van der Waals surface area contributed by atoms with E-state index in [1.807, 2.05) is 84.9 Å². The fourth-order valence-electron chi connectivity index (χ4n) is 3.90. The molecule has 0 radical (unpaired) electrons. The largest absolute Gasteiger partial charge is 0.453 e. The van der Waals surface area contributed by atoms with Crippen molar-refractivity contribution in [3.8, 4) is 11.3 Å². The number of fused-ring (bicyclic) bond motifs is 1. The number of tetrazole rings is 1. The van der Waals surface area contributed by atoms with Crippen LogP contribution in [0.3, 0.4) is 0 Å². The number of esters is 1. The SMILES string of the molecule is Cc1nnnn1/C(=C\c1ccccc1)C(=O)OCC(=O)c1c(-c2ccccc2)[nH]c2ccccc12. The van der Waals surface area contributed by atoms with Gasteiger partial charge in [0.1, 0.15) is 0 Å². The van der Waals surface area contributed by atoms with Crippen molar-refractivity contribution in [1.29, 1.82) is 0 Å². The van der Waals surface area contributed by atoms with Crippen LogP contribution in [0.1, 0.15) is 21.7 Å². The average molecular weight is 463 g/mol. The zero-order valence-electron chi connectivity index (χ0n) is 18.9. The molecule has 0 bridgehead atoms. The molecule has 0 aliphatic rings. The van der Waals surface area contributed by atoms with E-state index >= 15 is 0 Å². The average Bonchev–Trinajstić information content (AvgIpc) is 3.50. The number of benzene rings is 3. The highest BCUT2D eigenvalue weighted by Crippen LogP contribution is 2.30. The summed E-state index contributed by atoms with van der Waals surface area (Å²) in [6.45, 7) is 1.24. The van der Waals surface area contributed by atoms with Gasteiger partial charge in [0.15, 0.2) is 18.1 Å². The van der Waals surface area contributed by atoms with Gasteiger partial charge in [0, 0.05) is 10.9 Å². The third-order valence-electron chi connectivity index (χ3n) is 5.55. The second-order valence-electron chi connectivity index (χ2n) is 7.86. The van der Waals surface area contributed by atoms with Crippen LogP contribution < -0.4 is 0 Å². The van der Waals surface area contributed by atoms with Gasteiger partial charge in [0.25, 0.3) is 0 Å². The van der Waals surface area contributed by atoms with E-state index in [9.17, 15) is 9.59 Å². The number of ether oxygens (including phenoxy) is 1. The zero-order chi connectivity index (χ0) is 24.2. The molecule has 0 unspecified atom stereocenters. The summed E-state index contributed by atoms with van der Waals surface area (Å²) in [6.07, 6.45) is 1.62. The van der Waals surface area contributed by atoms with E-state index in [4.69, 9.17) is 4.74 Å². The lowest BCUT2D eigenvalue weighted by molar-refractivity contribution is -0.136. The predicted octanol–water partition coefficient (Wildman–Crippen LogP) is 4.55. The molecule has 0 fully saturated rings. The van der Waals surface area contributed by atoms with Gasteiger partial charge in [-0.1, -0.05) is 78.9 Å². The Morgan fingerprint density at radius 3 is 2.34 bits per heavy atom. The van der Waals surface area contributed by atoms with Gasteiger partial charge in [0.05, 0.1) is 11.3 Å². The van der Waals surface area contributed by atoms with Crippen molar-refractivity contribution in [2.24, 2.45) is 0 Å². The van der Waals surface area contributed by atoms with Crippen LogP contribution in [0.25, 0.3) is 33.9 Å². The van der Waals surface area contributed by atoms with Gasteiger partial charge in [-0.3, -0.25) is 4.79 Å². The van der Waals surface area contributed by atoms with Crippen molar-refractivity contribution >= 4 is 34.4 Å². The number of nitrogens with zero attached hydrogens (tertiary/aromatic N) is 4. The highest BCUT2D eigenvalue weighted by molar-refractivity contribution is 6.17. The summed E-state index contributed by atoms with van der Waals surface area (Å²) in [5.41, 5.74) is 3.73. The molecule has 8 nitrogen and oxygen atoms in total. The Morgan fingerprint density at radius 1 is 0.943 bits per heavy atom. The molecule has 172 valence electrons. The highest BCUT2D eigenvalue weighted by atomic mass is 16.5. The van der Waals surface area contributed by atoms with Crippen LogP contribution in [0.5, 0.6) is 0 Å². The molecule has 0 saturated carbocycles. The predicted molar refractivity (Wildman–Crippen MR) is 132 cm³/mol. The quantitative estimate of drug-likeness (QED) is 0.216. The molecule has 2 aromatic heterocycles. The first-order chi connectivity index (χ1) is 17.1. The van der Waals surface area contributed by atoms with Crippen molar-refractivity contribution in [2.45, 2.75) is 6.92 Å². The molecule has 5 aromatic rings. The number of nitrogens with one attached hydrogen (secondary N) is 1. The van der Waals surface area contributed by atoms with Crippen LogP contribution in [0, 0.1) is 6.92 Å². The van der Waals surface area contributed by atoms with Crippen molar-refractivity contribution in [3.63, 3.8) is 0 Å². The van der Waals surface area contributed by atoms with E-state index in [2.05, 4.69) is 20.5 Å². The van der Waals surface area contributed by atoms with E-state index in [0.717, 1.165) is 22.0 Å². The van der Waals surface area contributed by atoms with Crippen LogP contribution in [0.15, 0.2) is 84.9 Å². The standard InChI is InChI=1S/C27H21N5O3/c1-18-29-30-31-32(18)23(16-19-10-4-2-5-11-19)27(34)35-17-24(33)25-21-14-8-9-15-22(21)28-26(25)20-12-6-3-7-13-20/h2-16,28H,17H2,1H3/b23-16-. The summed E-state index contributed by atoms with van der Waals surface area (Å²) < 4.78 is 6.79. The van der Waals surface area contributed by atoms with Crippen molar-refractivity contribution in [3.05, 3.63) is 102 Å². The van der Waals surface area contributed by atoms with E-state index in [0.29, 0.717) is 17.1 Å². The minimum atomic E-state index is -0.710. The summed E-state index contributed by atoms with van der Waals surface area (Å²) in [6, 6.07) is 26.4. The first-order valence-corrected chi connectivity index (χ1v) is 11.0. The van der Waals surface area contributed by atoms with E-state index in [1.165, 1.54) is 4.68 Å². The van der Waals surface area contributed by atoms with Crippen LogP contribution in [0.4, 0.5) is 0 Å². The van der Waals surface area contributed by atoms with E-state index < -0.39 is 12.6 Å². The Labute approximate surface area is 200 Å². The van der Waals surface area contributed by atoms with Gasteiger partial charge < -0.3 is 9.72 Å². The van der Waals surface area contributed by atoms with Crippen molar-refractivity contribution in [2.75, 3.05) is 6.61 Å². The fourth-order valence-corrected chi connectivity index (χ4v) is 3.90. The molecule has 0 atom stereocenters. The van der Waals surface area contributed by atoms with E-state index in [-0.39, 0.29) is 11.5 Å². The lowest BCUT2D eigenvalue weighted by atomic mass is 10.0. The van der Waals surface area contributed by atoms with Gasteiger partial charge in [0.2, 0.25) is 5.78 Å². The maximum atomic E-state index is 13.4. The summed E-state index contributed by atoms with van der Waals surface area (Å²) in [4.78, 5) is 29.8.